The van der Waals surface area contributed by atoms with E-state index in [2.05, 4.69) is 40.5 Å². The first kappa shape index (κ1) is 24.6. The molecule has 0 radical (unpaired) electrons. The molecule has 1 atom stereocenters. The number of nitrogens with two attached hydrogens (primary N) is 1. The molecular weight excluding hydrogens is 466 g/mol. The standard InChI is InChI=1S/C24H31N7O3S/c1-15(2)31-14-17(13-26-31)19-10-9-18(22(27-19)30-12-11-16(3)24(30,4)5)23(32)29-35(33,34)21-8-6-7-20(25)28-21/h6-10,13-16H,11-12H2,1-5H3,(H2,25,28)(H,29,32). The van der Waals surface area contributed by atoms with Gasteiger partial charge in [0.2, 0.25) is 0 Å². The van der Waals surface area contributed by atoms with Gasteiger partial charge in [0.15, 0.2) is 5.03 Å². The van der Waals surface area contributed by atoms with E-state index in [1.807, 2.05) is 24.7 Å². The maximum absolute atomic E-state index is 13.3. The molecule has 4 rings (SSSR count). The van der Waals surface area contributed by atoms with Crippen molar-refractivity contribution in [2.24, 2.45) is 5.92 Å². The largest absolute Gasteiger partial charge is 0.384 e. The SMILES string of the molecule is CC(C)n1cc(-c2ccc(C(=O)NS(=O)(=O)c3cccc(N)n3)c(N3CCC(C)C3(C)C)n2)cn1. The number of anilines is 2. The molecule has 3 aromatic heterocycles. The van der Waals surface area contributed by atoms with Crippen molar-refractivity contribution in [1.29, 1.82) is 0 Å². The Labute approximate surface area is 205 Å². The van der Waals surface area contributed by atoms with E-state index in [9.17, 15) is 13.2 Å². The quantitative estimate of drug-likeness (QED) is 0.530. The summed E-state index contributed by atoms with van der Waals surface area (Å²) < 4.78 is 29.6. The maximum atomic E-state index is 13.3. The van der Waals surface area contributed by atoms with Crippen LogP contribution in [0.2, 0.25) is 0 Å². The third-order valence-electron chi connectivity index (χ3n) is 6.74. The van der Waals surface area contributed by atoms with Gasteiger partial charge in [-0.2, -0.15) is 13.5 Å². The van der Waals surface area contributed by atoms with E-state index < -0.39 is 15.9 Å². The van der Waals surface area contributed by atoms with Crippen LogP contribution in [0.3, 0.4) is 0 Å². The fourth-order valence-electron chi connectivity index (χ4n) is 4.16. The molecule has 1 unspecified atom stereocenters. The zero-order valence-electron chi connectivity index (χ0n) is 20.6. The molecule has 1 amide bonds. The van der Waals surface area contributed by atoms with E-state index in [4.69, 9.17) is 10.7 Å². The Kier molecular flexibility index (Phi) is 6.31. The molecule has 0 bridgehead atoms. The highest BCUT2D eigenvalue weighted by molar-refractivity contribution is 7.90. The number of amides is 1. The molecule has 0 saturated carbocycles. The van der Waals surface area contributed by atoms with Crippen LogP contribution in [0, 0.1) is 5.92 Å². The second-order valence-corrected chi connectivity index (χ2v) is 11.3. The van der Waals surface area contributed by atoms with Gasteiger partial charge in [-0.15, -0.1) is 0 Å². The van der Waals surface area contributed by atoms with E-state index in [0.29, 0.717) is 24.0 Å². The zero-order chi connectivity index (χ0) is 25.5. The molecule has 3 aromatic rings. The lowest BCUT2D eigenvalue weighted by molar-refractivity contribution is 0.0981. The second-order valence-electron chi connectivity index (χ2n) is 9.70. The molecule has 1 saturated heterocycles. The van der Waals surface area contributed by atoms with Gasteiger partial charge in [-0.3, -0.25) is 9.48 Å². The number of nitrogen functional groups attached to an aromatic ring is 1. The van der Waals surface area contributed by atoms with E-state index in [1.165, 1.54) is 18.2 Å². The Morgan fingerprint density at radius 1 is 1.20 bits per heavy atom. The summed E-state index contributed by atoms with van der Waals surface area (Å²) in [4.78, 5) is 24.1. The number of hydrogen-bond donors (Lipinski definition) is 2. The van der Waals surface area contributed by atoms with Gasteiger partial charge < -0.3 is 10.6 Å². The van der Waals surface area contributed by atoms with E-state index in [-0.39, 0.29) is 28.0 Å². The summed E-state index contributed by atoms with van der Waals surface area (Å²) in [5.41, 5.74) is 6.98. The minimum atomic E-state index is -4.23. The topological polar surface area (TPSA) is 136 Å². The third-order valence-corrected chi connectivity index (χ3v) is 7.97. The van der Waals surface area contributed by atoms with Crippen molar-refractivity contribution >= 4 is 27.6 Å². The zero-order valence-corrected chi connectivity index (χ0v) is 21.4. The lowest BCUT2D eigenvalue weighted by atomic mass is 9.90. The molecule has 0 aliphatic carbocycles. The van der Waals surface area contributed by atoms with Crippen molar-refractivity contribution in [2.75, 3.05) is 17.2 Å². The lowest BCUT2D eigenvalue weighted by Crippen LogP contribution is -2.43. The fourth-order valence-corrected chi connectivity index (χ4v) is 5.11. The number of nitrogens with zero attached hydrogens (tertiary/aromatic N) is 5. The van der Waals surface area contributed by atoms with Gasteiger partial charge in [-0.25, -0.2) is 14.7 Å². The normalized spacial score (nSPS) is 17.7. The van der Waals surface area contributed by atoms with Gasteiger partial charge >= 0.3 is 0 Å². The van der Waals surface area contributed by atoms with Crippen LogP contribution in [-0.4, -0.2) is 46.2 Å². The van der Waals surface area contributed by atoms with Gasteiger partial charge in [0.1, 0.15) is 11.6 Å². The Balaban J connectivity index is 1.76. The number of aromatic nitrogens is 4. The van der Waals surface area contributed by atoms with Gasteiger partial charge in [0.25, 0.3) is 15.9 Å². The summed E-state index contributed by atoms with van der Waals surface area (Å²) in [5, 5.41) is 4.07. The molecule has 11 heteroatoms. The van der Waals surface area contributed by atoms with Crippen molar-refractivity contribution in [2.45, 2.75) is 57.6 Å². The van der Waals surface area contributed by atoms with Gasteiger partial charge in [0, 0.05) is 29.9 Å². The van der Waals surface area contributed by atoms with E-state index in [0.717, 1.165) is 12.0 Å². The Morgan fingerprint density at radius 3 is 2.54 bits per heavy atom. The first-order valence-corrected chi connectivity index (χ1v) is 13.0. The Bertz CT molecular complexity index is 1360. The number of carbonyl (C=O) groups excluding carboxylic acids is 1. The van der Waals surface area contributed by atoms with Crippen molar-refractivity contribution in [3.63, 3.8) is 0 Å². The fraction of sp³-hybridized carbons (Fsp3) is 0.417. The van der Waals surface area contributed by atoms with Crippen LogP contribution in [0.15, 0.2) is 47.8 Å². The highest BCUT2D eigenvalue weighted by atomic mass is 32.2. The van der Waals surface area contributed by atoms with Gasteiger partial charge in [-0.1, -0.05) is 13.0 Å². The van der Waals surface area contributed by atoms with Crippen LogP contribution in [0.4, 0.5) is 11.6 Å². The average Bonchev–Trinajstić information content (AvgIpc) is 3.38. The molecule has 1 aliphatic rings. The molecule has 35 heavy (non-hydrogen) atoms. The van der Waals surface area contributed by atoms with Crippen molar-refractivity contribution in [1.82, 2.24) is 24.5 Å². The predicted octanol–water partition coefficient (Wildman–Crippen LogP) is 3.25. The van der Waals surface area contributed by atoms with Crippen LogP contribution >= 0.6 is 0 Å². The summed E-state index contributed by atoms with van der Waals surface area (Å²) >= 11 is 0. The van der Waals surface area contributed by atoms with E-state index >= 15 is 0 Å². The first-order valence-electron chi connectivity index (χ1n) is 11.5. The van der Waals surface area contributed by atoms with Crippen molar-refractivity contribution in [3.05, 3.63) is 48.3 Å². The van der Waals surface area contributed by atoms with Crippen LogP contribution in [-0.2, 0) is 10.0 Å². The summed E-state index contributed by atoms with van der Waals surface area (Å²) in [7, 11) is -4.23. The van der Waals surface area contributed by atoms with Crippen LogP contribution in [0.1, 0.15) is 57.4 Å². The van der Waals surface area contributed by atoms with Crippen LogP contribution in [0.5, 0.6) is 0 Å². The average molecular weight is 498 g/mol. The van der Waals surface area contributed by atoms with Gasteiger partial charge in [-0.05, 0) is 64.3 Å². The summed E-state index contributed by atoms with van der Waals surface area (Å²) in [6.07, 6.45) is 4.57. The van der Waals surface area contributed by atoms with Crippen molar-refractivity contribution in [3.8, 4) is 11.3 Å². The molecule has 1 aliphatic heterocycles. The van der Waals surface area contributed by atoms with Crippen molar-refractivity contribution < 1.29 is 13.2 Å². The number of pyridine rings is 2. The minimum Gasteiger partial charge on any atom is -0.384 e. The lowest BCUT2D eigenvalue weighted by Gasteiger charge is -2.36. The highest BCUT2D eigenvalue weighted by Crippen LogP contribution is 2.39. The molecule has 0 aromatic carbocycles. The number of rotatable bonds is 6. The number of nitrogens with one attached hydrogen (secondary N) is 1. The highest BCUT2D eigenvalue weighted by Gasteiger charge is 2.41. The number of hydrogen-bond acceptors (Lipinski definition) is 8. The summed E-state index contributed by atoms with van der Waals surface area (Å²) in [6.45, 7) is 11.1. The second kappa shape index (κ2) is 8.95. The molecule has 1 fully saturated rings. The van der Waals surface area contributed by atoms with Crippen LogP contribution < -0.4 is 15.4 Å². The molecule has 10 nitrogen and oxygen atoms in total. The smallest absolute Gasteiger partial charge is 0.281 e. The molecular formula is C24H31N7O3S. The molecule has 4 heterocycles. The van der Waals surface area contributed by atoms with E-state index in [1.54, 1.807) is 18.3 Å². The Morgan fingerprint density at radius 2 is 1.94 bits per heavy atom. The first-order chi connectivity index (χ1) is 16.4. The number of sulfonamides is 1. The summed E-state index contributed by atoms with van der Waals surface area (Å²) in [6, 6.07) is 7.73. The monoisotopic (exact) mass is 497 g/mol. The van der Waals surface area contributed by atoms with Crippen LogP contribution in [0.25, 0.3) is 11.3 Å². The Hall–Kier alpha value is -3.47. The summed E-state index contributed by atoms with van der Waals surface area (Å²) in [5.74, 6) is 0.0495. The number of carbonyl (C=O) groups is 1. The molecule has 186 valence electrons. The molecule has 0 spiro atoms. The predicted molar refractivity (Wildman–Crippen MR) is 134 cm³/mol. The maximum Gasteiger partial charge on any atom is 0.281 e. The minimum absolute atomic E-state index is 0.0433. The molecule has 3 N–H and O–H groups in total. The third kappa shape index (κ3) is 4.72. The van der Waals surface area contributed by atoms with Gasteiger partial charge in [0.05, 0.1) is 17.5 Å².